The highest BCUT2D eigenvalue weighted by molar-refractivity contribution is 7.84. The van der Waals surface area contributed by atoms with Crippen molar-refractivity contribution in [2.45, 2.75) is 89.2 Å². The maximum Gasteiger partial charge on any atom is 0.401 e. The van der Waals surface area contributed by atoms with Crippen molar-refractivity contribution in [3.05, 3.63) is 108 Å². The molecule has 2 N–H and O–H groups in total. The van der Waals surface area contributed by atoms with Crippen molar-refractivity contribution >= 4 is 18.6 Å². The topological polar surface area (TPSA) is 113 Å². The van der Waals surface area contributed by atoms with Gasteiger partial charge in [-0.15, -0.1) is 0 Å². The van der Waals surface area contributed by atoms with Gasteiger partial charge in [0.1, 0.15) is 24.4 Å². The number of benzene rings is 3. The molecule has 0 aliphatic heterocycles. The first-order valence-corrected chi connectivity index (χ1v) is 18.6. The SMILES string of the molecule is CCOP(=O)(OCC)C(F)(F)C(NS(=O)C(C)(C)C)[C@@H](OCc1ccccc1)[C@H](OCc1ccccc1)[C@H](O)COCc1ccccc1. The summed E-state index contributed by atoms with van der Waals surface area (Å²) >= 11 is 0. The average Bonchev–Trinajstić information content (AvgIpc) is 3.06. The molecule has 9 nitrogen and oxygen atoms in total. The van der Waals surface area contributed by atoms with Crippen LogP contribution in [-0.2, 0) is 58.6 Å². The van der Waals surface area contributed by atoms with E-state index < -0.39 is 53.3 Å². The van der Waals surface area contributed by atoms with Gasteiger partial charge in [0.15, 0.2) is 0 Å². The third-order valence-electron chi connectivity index (χ3n) is 7.13. The van der Waals surface area contributed by atoms with E-state index >= 15 is 8.78 Å². The lowest BCUT2D eigenvalue weighted by Crippen LogP contribution is -2.62. The van der Waals surface area contributed by atoms with Crippen molar-refractivity contribution in [1.82, 2.24) is 4.72 Å². The van der Waals surface area contributed by atoms with Crippen LogP contribution in [0.15, 0.2) is 91.0 Å². The number of ether oxygens (including phenoxy) is 3. The Morgan fingerprint density at radius 3 is 1.58 bits per heavy atom. The summed E-state index contributed by atoms with van der Waals surface area (Å²) in [7, 11) is -7.36. The molecule has 0 heterocycles. The lowest BCUT2D eigenvalue weighted by atomic mass is 10.0. The van der Waals surface area contributed by atoms with Crippen LogP contribution >= 0.6 is 7.60 Å². The smallest absolute Gasteiger partial charge is 0.388 e. The molecule has 0 saturated carbocycles. The largest absolute Gasteiger partial charge is 0.401 e. The summed E-state index contributed by atoms with van der Waals surface area (Å²) in [6.45, 7) is 6.47. The molecule has 0 fully saturated rings. The fraction of sp³-hybridized carbons (Fsp3) is 0.486. The Balaban J connectivity index is 2.13. The van der Waals surface area contributed by atoms with Crippen molar-refractivity contribution in [3.8, 4) is 0 Å². The van der Waals surface area contributed by atoms with Crippen LogP contribution in [0, 0.1) is 0 Å². The number of aliphatic hydroxyl groups is 1. The van der Waals surface area contributed by atoms with E-state index in [0.717, 1.165) is 5.56 Å². The van der Waals surface area contributed by atoms with E-state index in [0.29, 0.717) is 11.1 Å². The Hall–Kier alpha value is -2.38. The molecule has 0 spiro atoms. The van der Waals surface area contributed by atoms with Gasteiger partial charge in [-0.25, -0.2) is 8.93 Å². The minimum Gasteiger partial charge on any atom is -0.388 e. The Bertz CT molecular complexity index is 1410. The molecule has 0 saturated heterocycles. The molecule has 0 aliphatic rings. The molecule has 0 amide bonds. The summed E-state index contributed by atoms with van der Waals surface area (Å²) in [6.07, 6.45) is -4.80. The summed E-state index contributed by atoms with van der Waals surface area (Å²) < 4.78 is 91.3. The van der Waals surface area contributed by atoms with E-state index in [1.54, 1.807) is 75.4 Å². The molecule has 5 atom stereocenters. The molecule has 266 valence electrons. The summed E-state index contributed by atoms with van der Waals surface area (Å²) in [6, 6.07) is 24.7. The first kappa shape index (κ1) is 40.1. The second-order valence-electron chi connectivity index (χ2n) is 12.0. The number of rotatable bonds is 21. The molecular formula is C35H48F2NO8PS. The fourth-order valence-corrected chi connectivity index (χ4v) is 7.26. The molecule has 0 bridgehead atoms. The maximum atomic E-state index is 16.9. The number of alkyl halides is 2. The Labute approximate surface area is 285 Å². The summed E-state index contributed by atoms with van der Waals surface area (Å²) in [5.41, 5.74) is -2.15. The number of aliphatic hydroxyl groups excluding tert-OH is 1. The monoisotopic (exact) mass is 711 g/mol. The second-order valence-corrected chi connectivity index (χ2v) is 16.1. The minimum atomic E-state index is -5.22. The zero-order chi connectivity index (χ0) is 35.2. The highest BCUT2D eigenvalue weighted by atomic mass is 32.2. The highest BCUT2D eigenvalue weighted by Crippen LogP contribution is 2.64. The maximum absolute atomic E-state index is 16.9. The molecule has 3 aromatic carbocycles. The van der Waals surface area contributed by atoms with Crippen LogP contribution in [-0.4, -0.2) is 63.9 Å². The Morgan fingerprint density at radius 2 is 1.17 bits per heavy atom. The molecular weight excluding hydrogens is 663 g/mol. The van der Waals surface area contributed by atoms with Gasteiger partial charge in [-0.2, -0.15) is 8.78 Å². The van der Waals surface area contributed by atoms with E-state index in [1.165, 1.54) is 13.8 Å². The van der Waals surface area contributed by atoms with Crippen LogP contribution < -0.4 is 4.72 Å². The molecule has 3 aromatic rings. The van der Waals surface area contributed by atoms with Crippen LogP contribution in [0.25, 0.3) is 0 Å². The number of halogens is 2. The van der Waals surface area contributed by atoms with Crippen LogP contribution in [0.3, 0.4) is 0 Å². The van der Waals surface area contributed by atoms with Gasteiger partial charge in [-0.05, 0) is 51.3 Å². The zero-order valence-electron chi connectivity index (χ0n) is 28.1. The standard InChI is InChI=1S/C35H48F2NO8PS/c1-6-45-47(40,46-7-2)35(36,37)33(38-48(41)34(3,4)5)32(44-25-29-21-15-10-16-22-29)31(43-24-28-19-13-9-14-20-28)30(39)26-42-23-27-17-11-8-12-18-27/h8-22,30-33,38-39H,6-7,23-26H2,1-5H3/t30-,31-,32+,33?,48?/m1/s1. The number of hydrogen-bond acceptors (Lipinski definition) is 8. The van der Waals surface area contributed by atoms with E-state index in [4.69, 9.17) is 23.3 Å². The van der Waals surface area contributed by atoms with Crippen LogP contribution in [0.1, 0.15) is 51.3 Å². The van der Waals surface area contributed by atoms with Gasteiger partial charge < -0.3 is 28.4 Å². The van der Waals surface area contributed by atoms with Crippen molar-refractivity contribution in [3.63, 3.8) is 0 Å². The lowest BCUT2D eigenvalue weighted by molar-refractivity contribution is -0.172. The highest BCUT2D eigenvalue weighted by Gasteiger charge is 2.63. The summed E-state index contributed by atoms with van der Waals surface area (Å²) in [5.74, 6) is 0. The quantitative estimate of drug-likeness (QED) is 0.114. The first-order valence-electron chi connectivity index (χ1n) is 15.9. The first-order chi connectivity index (χ1) is 22.8. The molecule has 0 aliphatic carbocycles. The van der Waals surface area contributed by atoms with Gasteiger partial charge >= 0.3 is 13.3 Å². The predicted molar refractivity (Wildman–Crippen MR) is 183 cm³/mol. The van der Waals surface area contributed by atoms with Crippen molar-refractivity contribution in [2.24, 2.45) is 0 Å². The van der Waals surface area contributed by atoms with Crippen molar-refractivity contribution < 1.29 is 45.9 Å². The van der Waals surface area contributed by atoms with Crippen LogP contribution in [0.4, 0.5) is 8.78 Å². The molecule has 0 aromatic heterocycles. The Morgan fingerprint density at radius 1 is 0.750 bits per heavy atom. The average molecular weight is 712 g/mol. The summed E-state index contributed by atoms with van der Waals surface area (Å²) in [4.78, 5) is 0. The van der Waals surface area contributed by atoms with E-state index in [2.05, 4.69) is 4.72 Å². The number of hydrogen-bond donors (Lipinski definition) is 2. The molecule has 3 rings (SSSR count). The van der Waals surface area contributed by atoms with Crippen LogP contribution in [0.5, 0.6) is 0 Å². The molecule has 2 unspecified atom stereocenters. The van der Waals surface area contributed by atoms with Crippen molar-refractivity contribution in [2.75, 3.05) is 19.8 Å². The second kappa shape index (κ2) is 19.1. The predicted octanol–water partition coefficient (Wildman–Crippen LogP) is 7.01. The van der Waals surface area contributed by atoms with E-state index in [9.17, 15) is 13.9 Å². The van der Waals surface area contributed by atoms with Gasteiger partial charge in [0, 0.05) is 0 Å². The van der Waals surface area contributed by atoms with E-state index in [-0.39, 0.29) is 39.6 Å². The van der Waals surface area contributed by atoms with Gasteiger partial charge in [0.25, 0.3) is 0 Å². The third kappa shape index (κ3) is 11.6. The third-order valence-corrected chi connectivity index (χ3v) is 10.9. The normalized spacial score (nSPS) is 15.8. The van der Waals surface area contributed by atoms with Crippen LogP contribution in [0.2, 0.25) is 0 Å². The molecule has 0 radical (unpaired) electrons. The van der Waals surface area contributed by atoms with Gasteiger partial charge in [-0.3, -0.25) is 4.57 Å². The molecule has 13 heteroatoms. The van der Waals surface area contributed by atoms with E-state index in [1.807, 2.05) is 36.4 Å². The Kier molecular flexibility index (Phi) is 16.0. The zero-order valence-corrected chi connectivity index (χ0v) is 29.8. The van der Waals surface area contributed by atoms with Crippen molar-refractivity contribution in [1.29, 1.82) is 0 Å². The fourth-order valence-electron chi connectivity index (χ4n) is 4.65. The van der Waals surface area contributed by atoms with Gasteiger partial charge in [0.2, 0.25) is 0 Å². The molecule has 48 heavy (non-hydrogen) atoms. The van der Waals surface area contributed by atoms with Gasteiger partial charge in [0.05, 0.1) is 55.4 Å². The number of nitrogens with one attached hydrogen (secondary N) is 1. The summed E-state index contributed by atoms with van der Waals surface area (Å²) in [5, 5.41) is 11.6. The minimum absolute atomic E-state index is 0.0956. The lowest BCUT2D eigenvalue weighted by Gasteiger charge is -2.41. The van der Waals surface area contributed by atoms with Gasteiger partial charge in [-0.1, -0.05) is 91.0 Å².